The number of benzene rings is 2. The molecule has 1 aliphatic rings. The van der Waals surface area contributed by atoms with E-state index in [-0.39, 0.29) is 18.2 Å². The van der Waals surface area contributed by atoms with E-state index in [2.05, 4.69) is 16.0 Å². The van der Waals surface area contributed by atoms with Crippen molar-refractivity contribution in [2.75, 3.05) is 6.54 Å². The Balaban J connectivity index is 1.74. The van der Waals surface area contributed by atoms with Crippen LogP contribution in [-0.4, -0.2) is 26.0 Å². The van der Waals surface area contributed by atoms with Gasteiger partial charge in [0.05, 0.1) is 12.2 Å². The van der Waals surface area contributed by atoms with Crippen LogP contribution in [0.25, 0.3) is 11.3 Å². The maximum absolute atomic E-state index is 13.6. The molecule has 150 valence electrons. The third-order valence-electron chi connectivity index (χ3n) is 4.75. The first kappa shape index (κ1) is 19.1. The van der Waals surface area contributed by atoms with Gasteiger partial charge in [0.1, 0.15) is 11.4 Å². The molecule has 0 spiro atoms. The summed E-state index contributed by atoms with van der Waals surface area (Å²) >= 11 is 0. The average Bonchev–Trinajstić information content (AvgIpc) is 3.31. The van der Waals surface area contributed by atoms with E-state index < -0.39 is 11.3 Å². The predicted molar refractivity (Wildman–Crippen MR) is 108 cm³/mol. The van der Waals surface area contributed by atoms with Gasteiger partial charge in [-0.3, -0.25) is 4.57 Å². The topological polar surface area (TPSA) is 84.1 Å². The summed E-state index contributed by atoms with van der Waals surface area (Å²) in [6.07, 6.45) is 1.89. The number of aromatic nitrogens is 3. The summed E-state index contributed by atoms with van der Waals surface area (Å²) in [4.78, 5) is 13.1. The molecule has 0 fully saturated rings. The molecule has 2 heterocycles. The fourth-order valence-corrected chi connectivity index (χ4v) is 3.32. The van der Waals surface area contributed by atoms with E-state index in [1.165, 1.54) is 21.4 Å². The lowest BCUT2D eigenvalue weighted by Crippen LogP contribution is -2.28. The minimum absolute atomic E-state index is 0.109. The Hall–Kier alpha value is -3.23. The summed E-state index contributed by atoms with van der Waals surface area (Å²) in [5.74, 6) is -0.170. The van der Waals surface area contributed by atoms with Gasteiger partial charge in [-0.1, -0.05) is 24.3 Å². The molecule has 0 unspecified atom stereocenters. The van der Waals surface area contributed by atoms with Crippen molar-refractivity contribution >= 4 is 5.57 Å². The normalized spacial score (nSPS) is 14.0. The molecule has 0 atom stereocenters. The molecule has 2 aromatic carbocycles. The fraction of sp³-hybridized carbons (Fsp3) is 0.238. The number of rotatable bonds is 5. The molecule has 1 aliphatic heterocycles. The van der Waals surface area contributed by atoms with E-state index in [0.717, 1.165) is 11.1 Å². The van der Waals surface area contributed by atoms with Crippen LogP contribution in [0.2, 0.25) is 0 Å². The van der Waals surface area contributed by atoms with Gasteiger partial charge < -0.3 is 10.5 Å². The van der Waals surface area contributed by atoms with Crippen LogP contribution in [0.3, 0.4) is 0 Å². The van der Waals surface area contributed by atoms with Crippen molar-refractivity contribution in [3.8, 4) is 5.69 Å². The Morgan fingerprint density at radius 2 is 1.97 bits per heavy atom. The van der Waals surface area contributed by atoms with Crippen molar-refractivity contribution in [1.29, 1.82) is 0 Å². The Kier molecular flexibility index (Phi) is 4.81. The number of halogens is 1. The number of hydrazine groups is 1. The molecule has 29 heavy (non-hydrogen) atoms. The van der Waals surface area contributed by atoms with E-state index in [1.807, 2.05) is 30.5 Å². The third-order valence-corrected chi connectivity index (χ3v) is 4.75. The summed E-state index contributed by atoms with van der Waals surface area (Å²) in [6.45, 7) is 3.95. The maximum Gasteiger partial charge on any atom is 0.351 e. The van der Waals surface area contributed by atoms with Crippen LogP contribution in [0.4, 0.5) is 4.39 Å². The SMILES string of the molecule is CC(C)(O)c1nn(-c2ccc(C3=CNNC3)cc2)c(=O)n1Cc1cccc(F)c1. The summed E-state index contributed by atoms with van der Waals surface area (Å²) in [5, 5.41) is 14.9. The van der Waals surface area contributed by atoms with E-state index in [4.69, 9.17) is 0 Å². The second-order valence-electron chi connectivity index (χ2n) is 7.51. The first-order valence-corrected chi connectivity index (χ1v) is 9.28. The largest absolute Gasteiger partial charge is 0.382 e. The van der Waals surface area contributed by atoms with Gasteiger partial charge in [-0.2, -0.15) is 4.68 Å². The lowest BCUT2D eigenvalue weighted by molar-refractivity contribution is 0.0643. The summed E-state index contributed by atoms with van der Waals surface area (Å²) in [7, 11) is 0. The first-order chi connectivity index (χ1) is 13.8. The molecule has 0 saturated carbocycles. The zero-order valence-corrected chi connectivity index (χ0v) is 16.2. The predicted octanol–water partition coefficient (Wildman–Crippen LogP) is 1.90. The highest BCUT2D eigenvalue weighted by Gasteiger charge is 2.27. The summed E-state index contributed by atoms with van der Waals surface area (Å²) < 4.78 is 16.2. The molecular weight excluding hydrogens is 373 g/mol. The third kappa shape index (κ3) is 3.85. The Labute approximate surface area is 167 Å². The van der Waals surface area contributed by atoms with Crippen LogP contribution in [-0.2, 0) is 12.1 Å². The van der Waals surface area contributed by atoms with Crippen LogP contribution in [0.15, 0.2) is 59.5 Å². The van der Waals surface area contributed by atoms with E-state index >= 15 is 0 Å². The minimum atomic E-state index is -1.34. The molecule has 0 bridgehead atoms. The Bertz CT molecular complexity index is 1120. The second-order valence-corrected chi connectivity index (χ2v) is 7.51. The molecule has 0 amide bonds. The Morgan fingerprint density at radius 1 is 1.21 bits per heavy atom. The molecule has 0 saturated heterocycles. The van der Waals surface area contributed by atoms with Gasteiger partial charge in [0.15, 0.2) is 5.82 Å². The highest BCUT2D eigenvalue weighted by Crippen LogP contribution is 2.20. The molecular formula is C21H22FN5O2. The zero-order chi connectivity index (χ0) is 20.6. The van der Waals surface area contributed by atoms with Crippen LogP contribution in [0, 0.1) is 5.82 Å². The maximum atomic E-state index is 13.6. The number of hydrogen-bond donors (Lipinski definition) is 3. The Morgan fingerprint density at radius 3 is 2.59 bits per heavy atom. The number of hydrogen-bond acceptors (Lipinski definition) is 5. The van der Waals surface area contributed by atoms with E-state index in [1.54, 1.807) is 26.0 Å². The second kappa shape index (κ2) is 7.31. The molecule has 0 radical (unpaired) electrons. The van der Waals surface area contributed by atoms with Crippen molar-refractivity contribution in [2.45, 2.75) is 26.0 Å². The molecule has 4 rings (SSSR count). The molecule has 0 aliphatic carbocycles. The van der Waals surface area contributed by atoms with Crippen LogP contribution in [0.1, 0.15) is 30.8 Å². The van der Waals surface area contributed by atoms with E-state index in [9.17, 15) is 14.3 Å². The van der Waals surface area contributed by atoms with Gasteiger partial charge in [-0.15, -0.1) is 5.10 Å². The summed E-state index contributed by atoms with van der Waals surface area (Å²) in [6, 6.07) is 13.5. The fourth-order valence-electron chi connectivity index (χ4n) is 3.32. The minimum Gasteiger partial charge on any atom is -0.382 e. The molecule has 3 aromatic rings. The van der Waals surface area contributed by atoms with Crippen LogP contribution in [0.5, 0.6) is 0 Å². The van der Waals surface area contributed by atoms with Gasteiger partial charge in [-0.05, 0) is 54.8 Å². The highest BCUT2D eigenvalue weighted by molar-refractivity contribution is 5.68. The van der Waals surface area contributed by atoms with Crippen molar-refractivity contribution in [2.24, 2.45) is 0 Å². The summed E-state index contributed by atoms with van der Waals surface area (Å²) in [5.41, 5.74) is 7.55. The van der Waals surface area contributed by atoms with Crippen molar-refractivity contribution in [1.82, 2.24) is 25.2 Å². The number of aliphatic hydroxyl groups is 1. The lowest BCUT2D eigenvalue weighted by Gasteiger charge is -2.17. The van der Waals surface area contributed by atoms with Crippen LogP contribution >= 0.6 is 0 Å². The number of nitrogens with zero attached hydrogens (tertiary/aromatic N) is 3. The van der Waals surface area contributed by atoms with Crippen molar-refractivity contribution in [3.63, 3.8) is 0 Å². The lowest BCUT2D eigenvalue weighted by atomic mass is 10.1. The van der Waals surface area contributed by atoms with Crippen molar-refractivity contribution in [3.05, 3.63) is 88.0 Å². The van der Waals surface area contributed by atoms with Crippen molar-refractivity contribution < 1.29 is 9.50 Å². The molecule has 1 aromatic heterocycles. The number of nitrogens with one attached hydrogen (secondary N) is 2. The average molecular weight is 395 g/mol. The quantitative estimate of drug-likeness (QED) is 0.615. The molecule has 8 heteroatoms. The van der Waals surface area contributed by atoms with Gasteiger partial charge >= 0.3 is 5.69 Å². The van der Waals surface area contributed by atoms with Gasteiger partial charge in [-0.25, -0.2) is 14.6 Å². The van der Waals surface area contributed by atoms with Gasteiger partial charge in [0, 0.05) is 12.7 Å². The molecule has 7 nitrogen and oxygen atoms in total. The van der Waals surface area contributed by atoms with E-state index in [0.29, 0.717) is 17.8 Å². The van der Waals surface area contributed by atoms with Gasteiger partial charge in [0.2, 0.25) is 0 Å². The van der Waals surface area contributed by atoms with Crippen LogP contribution < -0.4 is 16.5 Å². The van der Waals surface area contributed by atoms with Gasteiger partial charge in [0.25, 0.3) is 0 Å². The smallest absolute Gasteiger partial charge is 0.351 e. The zero-order valence-electron chi connectivity index (χ0n) is 16.2. The first-order valence-electron chi connectivity index (χ1n) is 9.28. The highest BCUT2D eigenvalue weighted by atomic mass is 19.1. The molecule has 3 N–H and O–H groups in total. The monoisotopic (exact) mass is 395 g/mol. The standard InChI is InChI=1S/C21H22FN5O2/c1-21(2,29)19-25-27(18-8-6-15(7-9-18)16-11-23-24-12-16)20(28)26(19)13-14-4-3-5-17(22)10-14/h3-11,23-24,29H,12-13H2,1-2H3.